The van der Waals surface area contributed by atoms with Crippen molar-refractivity contribution >= 4 is 16.0 Å². The van der Waals surface area contributed by atoms with E-state index in [4.69, 9.17) is 9.52 Å². The lowest BCUT2D eigenvalue weighted by atomic mass is 9.90. The van der Waals surface area contributed by atoms with Crippen LogP contribution in [0.5, 0.6) is 0 Å². The topological polar surface area (TPSA) is 91.0 Å². The Morgan fingerprint density at radius 3 is 2.54 bits per heavy atom. The van der Waals surface area contributed by atoms with E-state index < -0.39 is 10.0 Å². The van der Waals surface area contributed by atoms with Gasteiger partial charge in [-0.15, -0.1) is 0 Å². The molecule has 1 saturated heterocycles. The number of unbranched alkanes of at least 4 members (excludes halogenated alkanes) is 1. The van der Waals surface area contributed by atoms with E-state index in [-0.39, 0.29) is 5.75 Å². The lowest BCUT2D eigenvalue weighted by Crippen LogP contribution is -2.53. The standard InChI is InChI=1S/C19H35N5O3S/c1-5-20-18(21-10-7-6-9-19(2,3)4)23-11-13-24(14-12-23)28(25,26)16-17-8-15-27-22-17/h8,15H,5-7,9-14,16H2,1-4H3,(H,20,21). The molecular weight excluding hydrogens is 378 g/mol. The van der Waals surface area contributed by atoms with Crippen molar-refractivity contribution in [2.75, 3.05) is 39.3 Å². The second-order valence-corrected chi connectivity index (χ2v) is 10.4. The van der Waals surface area contributed by atoms with Gasteiger partial charge in [0.05, 0.1) is 5.69 Å². The van der Waals surface area contributed by atoms with Crippen LogP contribution < -0.4 is 5.32 Å². The molecule has 28 heavy (non-hydrogen) atoms. The molecule has 0 aromatic carbocycles. The first-order valence-electron chi connectivity index (χ1n) is 10.1. The van der Waals surface area contributed by atoms with Crippen LogP contribution in [0.2, 0.25) is 0 Å². The van der Waals surface area contributed by atoms with Crippen LogP contribution in [-0.2, 0) is 15.8 Å². The molecule has 0 aliphatic carbocycles. The molecule has 1 aliphatic rings. The number of aromatic nitrogens is 1. The third kappa shape index (κ3) is 7.43. The highest BCUT2D eigenvalue weighted by molar-refractivity contribution is 7.88. The fourth-order valence-electron chi connectivity index (χ4n) is 3.15. The molecule has 0 atom stereocenters. The van der Waals surface area contributed by atoms with Crippen molar-refractivity contribution in [2.45, 2.75) is 52.7 Å². The zero-order valence-electron chi connectivity index (χ0n) is 17.6. The average Bonchev–Trinajstić information content (AvgIpc) is 3.12. The van der Waals surface area contributed by atoms with E-state index in [1.54, 1.807) is 6.07 Å². The predicted octanol–water partition coefficient (Wildman–Crippen LogP) is 2.30. The van der Waals surface area contributed by atoms with E-state index in [0.717, 1.165) is 25.5 Å². The molecule has 1 N–H and O–H groups in total. The average molecular weight is 414 g/mol. The third-order valence-corrected chi connectivity index (χ3v) is 6.50. The van der Waals surface area contributed by atoms with E-state index in [9.17, 15) is 8.42 Å². The molecule has 160 valence electrons. The summed E-state index contributed by atoms with van der Waals surface area (Å²) in [6.45, 7) is 12.6. The van der Waals surface area contributed by atoms with Gasteiger partial charge in [-0.3, -0.25) is 4.99 Å². The molecule has 0 bridgehead atoms. The second kappa shape index (κ2) is 10.2. The van der Waals surface area contributed by atoms with Gasteiger partial charge in [0.15, 0.2) is 5.96 Å². The third-order valence-electron chi connectivity index (χ3n) is 4.68. The van der Waals surface area contributed by atoms with Gasteiger partial charge in [0.1, 0.15) is 12.0 Å². The number of hydrogen-bond acceptors (Lipinski definition) is 5. The van der Waals surface area contributed by atoms with Gasteiger partial charge in [-0.05, 0) is 25.2 Å². The molecule has 1 aromatic rings. The highest BCUT2D eigenvalue weighted by Crippen LogP contribution is 2.21. The van der Waals surface area contributed by atoms with Crippen molar-refractivity contribution in [2.24, 2.45) is 10.4 Å². The highest BCUT2D eigenvalue weighted by Gasteiger charge is 2.28. The lowest BCUT2D eigenvalue weighted by Gasteiger charge is -2.35. The Morgan fingerprint density at radius 1 is 1.25 bits per heavy atom. The minimum atomic E-state index is -3.38. The number of hydrogen-bond donors (Lipinski definition) is 1. The molecule has 0 amide bonds. The van der Waals surface area contributed by atoms with E-state index >= 15 is 0 Å². The molecule has 9 heteroatoms. The van der Waals surface area contributed by atoms with Crippen molar-refractivity contribution in [1.82, 2.24) is 19.7 Å². The van der Waals surface area contributed by atoms with Crippen LogP contribution in [0.15, 0.2) is 21.8 Å². The zero-order valence-corrected chi connectivity index (χ0v) is 18.5. The van der Waals surface area contributed by atoms with Crippen LogP contribution in [0.25, 0.3) is 0 Å². The number of guanidine groups is 1. The molecule has 1 aromatic heterocycles. The van der Waals surface area contributed by atoms with E-state index in [0.29, 0.717) is 37.3 Å². The minimum Gasteiger partial charge on any atom is -0.364 e. The van der Waals surface area contributed by atoms with Crippen LogP contribution in [0.3, 0.4) is 0 Å². The van der Waals surface area contributed by atoms with Gasteiger partial charge >= 0.3 is 0 Å². The fourth-order valence-corrected chi connectivity index (χ4v) is 4.57. The monoisotopic (exact) mass is 413 g/mol. The molecule has 1 fully saturated rings. The Labute approximate surface area is 169 Å². The number of rotatable bonds is 8. The summed E-state index contributed by atoms with van der Waals surface area (Å²) in [6, 6.07) is 1.59. The first-order valence-corrected chi connectivity index (χ1v) is 11.7. The molecule has 0 spiro atoms. The Morgan fingerprint density at radius 2 is 1.96 bits per heavy atom. The Kier molecular flexibility index (Phi) is 8.30. The van der Waals surface area contributed by atoms with Gasteiger partial charge in [0.25, 0.3) is 0 Å². The van der Waals surface area contributed by atoms with Crippen molar-refractivity contribution in [3.05, 3.63) is 18.0 Å². The minimum absolute atomic E-state index is 0.120. The first-order chi connectivity index (χ1) is 13.2. The van der Waals surface area contributed by atoms with E-state index in [1.165, 1.54) is 23.4 Å². The van der Waals surface area contributed by atoms with Crippen LogP contribution >= 0.6 is 0 Å². The van der Waals surface area contributed by atoms with E-state index in [1.807, 2.05) is 6.92 Å². The number of aliphatic imine (C=N–C) groups is 1. The quantitative estimate of drug-likeness (QED) is 0.399. The van der Waals surface area contributed by atoms with Crippen molar-refractivity contribution in [3.63, 3.8) is 0 Å². The van der Waals surface area contributed by atoms with Crippen LogP contribution in [0, 0.1) is 5.41 Å². The smallest absolute Gasteiger partial charge is 0.220 e. The number of piperazine rings is 1. The molecule has 0 unspecified atom stereocenters. The molecule has 0 radical (unpaired) electrons. The number of nitrogens with one attached hydrogen (secondary N) is 1. The molecule has 0 saturated carbocycles. The van der Waals surface area contributed by atoms with Crippen molar-refractivity contribution in [1.29, 1.82) is 0 Å². The van der Waals surface area contributed by atoms with Gasteiger partial charge in [0, 0.05) is 45.3 Å². The molecule has 2 rings (SSSR count). The molecule has 2 heterocycles. The summed E-state index contributed by atoms with van der Waals surface area (Å²) in [6.07, 6.45) is 4.82. The van der Waals surface area contributed by atoms with Crippen LogP contribution in [-0.4, -0.2) is 68.0 Å². The summed E-state index contributed by atoms with van der Waals surface area (Å²) in [7, 11) is -3.38. The van der Waals surface area contributed by atoms with Gasteiger partial charge in [-0.2, -0.15) is 4.31 Å². The second-order valence-electron chi connectivity index (χ2n) is 8.39. The first kappa shape index (κ1) is 22.7. The summed E-state index contributed by atoms with van der Waals surface area (Å²) >= 11 is 0. The summed E-state index contributed by atoms with van der Waals surface area (Å²) in [4.78, 5) is 6.89. The normalized spacial score (nSPS) is 17.1. The number of nitrogens with zero attached hydrogens (tertiary/aromatic N) is 4. The predicted molar refractivity (Wildman–Crippen MR) is 112 cm³/mol. The van der Waals surface area contributed by atoms with E-state index in [2.05, 4.69) is 36.1 Å². The molecule has 8 nitrogen and oxygen atoms in total. The van der Waals surface area contributed by atoms with Gasteiger partial charge in [-0.1, -0.05) is 32.3 Å². The van der Waals surface area contributed by atoms with Crippen molar-refractivity contribution in [3.8, 4) is 0 Å². The van der Waals surface area contributed by atoms with Gasteiger partial charge in [0.2, 0.25) is 10.0 Å². The summed E-state index contributed by atoms with van der Waals surface area (Å²) < 4.78 is 31.4. The highest BCUT2D eigenvalue weighted by atomic mass is 32.2. The Bertz CT molecular complexity index is 702. The van der Waals surface area contributed by atoms with Crippen LogP contribution in [0.1, 0.15) is 52.7 Å². The Balaban J connectivity index is 1.85. The maximum absolute atomic E-state index is 12.6. The van der Waals surface area contributed by atoms with Crippen LogP contribution in [0.4, 0.5) is 0 Å². The van der Waals surface area contributed by atoms with Gasteiger partial charge < -0.3 is 14.7 Å². The molecular formula is C19H35N5O3S. The Hall–Kier alpha value is -1.61. The lowest BCUT2D eigenvalue weighted by molar-refractivity contribution is 0.259. The SMILES string of the molecule is CCNC(=NCCCCC(C)(C)C)N1CCN(S(=O)(=O)Cc2ccon2)CC1. The van der Waals surface area contributed by atoms with Gasteiger partial charge in [-0.25, -0.2) is 8.42 Å². The number of sulfonamides is 1. The maximum atomic E-state index is 12.6. The summed E-state index contributed by atoms with van der Waals surface area (Å²) in [5.41, 5.74) is 0.801. The summed E-state index contributed by atoms with van der Waals surface area (Å²) in [5, 5.41) is 7.04. The zero-order chi connectivity index (χ0) is 20.6. The summed E-state index contributed by atoms with van der Waals surface area (Å²) in [5.74, 6) is 0.762. The maximum Gasteiger partial charge on any atom is 0.220 e. The van der Waals surface area contributed by atoms with Crippen molar-refractivity contribution < 1.29 is 12.9 Å². The molecule has 1 aliphatic heterocycles. The largest absolute Gasteiger partial charge is 0.364 e. The fraction of sp³-hybridized carbons (Fsp3) is 0.789.